The van der Waals surface area contributed by atoms with E-state index in [2.05, 4.69) is 212 Å². The van der Waals surface area contributed by atoms with E-state index in [0.29, 0.717) is 46.1 Å². The summed E-state index contributed by atoms with van der Waals surface area (Å²) >= 11 is 0. The molecule has 0 radical (unpaired) electrons. The Labute approximate surface area is 672 Å². The molecule has 0 aliphatic rings. The Balaban J connectivity index is 0.000000138. The fraction of sp³-hybridized carbons (Fsp3) is 0. The fourth-order valence-electron chi connectivity index (χ4n) is 17.6. The first kappa shape index (κ1) is 67.1. The maximum Gasteiger partial charge on any atom is 0.164 e. The average molecular weight is 1510 g/mol. The fourth-order valence-corrected chi connectivity index (χ4v) is 17.6. The second-order valence-electron chi connectivity index (χ2n) is 29.4. The van der Waals surface area contributed by atoms with Crippen LogP contribution in [0.1, 0.15) is 11.1 Å². The summed E-state index contributed by atoms with van der Waals surface area (Å²) in [4.78, 5) is 29.5. The first-order valence-electron chi connectivity index (χ1n) is 39.0. The van der Waals surface area contributed by atoms with Gasteiger partial charge in [0.15, 0.2) is 34.9 Å². The van der Waals surface area contributed by atoms with Crippen molar-refractivity contribution in [2.24, 2.45) is 0 Å². The molecule has 14 heteroatoms. The summed E-state index contributed by atoms with van der Waals surface area (Å²) in [5.74, 6) is 3.26. The van der Waals surface area contributed by atoms with Crippen molar-refractivity contribution >= 4 is 131 Å². The van der Waals surface area contributed by atoms with Gasteiger partial charge in [0.2, 0.25) is 0 Å². The molecule has 0 spiro atoms. The molecule has 0 aliphatic carbocycles. The van der Waals surface area contributed by atoms with Gasteiger partial charge in [-0.1, -0.05) is 231 Å². The van der Waals surface area contributed by atoms with Gasteiger partial charge in [-0.2, -0.15) is 10.5 Å². The lowest BCUT2D eigenvalue weighted by Gasteiger charge is -2.12. The quantitative estimate of drug-likeness (QED) is 0.128. The van der Waals surface area contributed by atoms with E-state index in [1.54, 1.807) is 0 Å². The van der Waals surface area contributed by atoms with Crippen molar-refractivity contribution in [3.05, 3.63) is 375 Å². The maximum absolute atomic E-state index is 10.8. The van der Waals surface area contributed by atoms with Crippen LogP contribution in [0, 0.1) is 22.7 Å². The minimum Gasteiger partial charge on any atom is -0.456 e. The molecule has 0 saturated heterocycles. The van der Waals surface area contributed by atoms with Gasteiger partial charge in [0.25, 0.3) is 0 Å². The van der Waals surface area contributed by atoms with Crippen molar-refractivity contribution in [1.29, 1.82) is 10.5 Å². The van der Waals surface area contributed by atoms with E-state index in [0.717, 1.165) is 176 Å². The molecule has 8 aromatic heterocycles. The van der Waals surface area contributed by atoms with Crippen molar-refractivity contribution in [2.45, 2.75) is 0 Å². The summed E-state index contributed by atoms with van der Waals surface area (Å²) < 4.78 is 22.5. The second kappa shape index (κ2) is 27.0. The number of nitriles is 2. The topological polar surface area (TPSA) is 171 Å². The van der Waals surface area contributed by atoms with Crippen molar-refractivity contribution < 1.29 is 8.83 Å². The highest BCUT2D eigenvalue weighted by molar-refractivity contribution is 6.31. The predicted octanol–water partition coefficient (Wildman–Crippen LogP) is 25.7. The molecule has 0 unspecified atom stereocenters. The number of para-hydroxylation sites is 6. The van der Waals surface area contributed by atoms with Crippen LogP contribution in [0.5, 0.6) is 0 Å². The van der Waals surface area contributed by atoms with Crippen LogP contribution in [0.25, 0.3) is 222 Å². The van der Waals surface area contributed by atoms with Gasteiger partial charge in [-0.05, 0) is 127 Å². The van der Waals surface area contributed by atoms with Crippen LogP contribution in [0.3, 0.4) is 0 Å². The lowest BCUT2D eigenvalue weighted by molar-refractivity contribution is 0.669. The first-order valence-corrected chi connectivity index (χ1v) is 39.0. The van der Waals surface area contributed by atoms with E-state index in [-0.39, 0.29) is 0 Å². The third-order valence-electron chi connectivity index (χ3n) is 22.8. The average Bonchev–Trinajstić information content (AvgIpc) is 1.55. The molecule has 0 saturated carbocycles. The summed E-state index contributed by atoms with van der Waals surface area (Å²) in [6.07, 6.45) is 0. The molecule has 14 nitrogen and oxygen atoms in total. The number of fused-ring (bicyclic) bond motifs is 20. The van der Waals surface area contributed by atoms with Crippen LogP contribution in [0.15, 0.2) is 373 Å². The highest BCUT2D eigenvalue weighted by atomic mass is 16.3. The lowest BCUT2D eigenvalue weighted by Crippen LogP contribution is -2.02. The number of aromatic nitrogens is 10. The summed E-state index contributed by atoms with van der Waals surface area (Å²) in [5, 5.41) is 34.8. The third kappa shape index (κ3) is 10.7. The van der Waals surface area contributed by atoms with Crippen LogP contribution in [-0.4, -0.2) is 48.2 Å². The predicted molar refractivity (Wildman–Crippen MR) is 474 cm³/mol. The summed E-state index contributed by atoms with van der Waals surface area (Å²) in [6, 6.07) is 129. The molecule has 548 valence electrons. The van der Waals surface area contributed by atoms with Crippen LogP contribution < -0.4 is 0 Å². The summed E-state index contributed by atoms with van der Waals surface area (Å²) in [6.45, 7) is 0. The molecule has 8 heterocycles. The van der Waals surface area contributed by atoms with E-state index >= 15 is 0 Å². The molecule has 0 aliphatic heterocycles. The number of benzene rings is 16. The third-order valence-corrected chi connectivity index (χ3v) is 22.8. The van der Waals surface area contributed by atoms with E-state index < -0.39 is 0 Å². The van der Waals surface area contributed by atoms with Crippen molar-refractivity contribution in [2.75, 3.05) is 0 Å². The highest BCUT2D eigenvalue weighted by Gasteiger charge is 2.27. The first-order chi connectivity index (χ1) is 58.4. The minimum absolute atomic E-state index is 0.494. The molecular formula is C104H60N12O2. The van der Waals surface area contributed by atoms with Gasteiger partial charge >= 0.3 is 0 Å². The van der Waals surface area contributed by atoms with E-state index in [1.165, 1.54) is 10.8 Å². The number of hydrogen-bond acceptors (Lipinski definition) is 10. The van der Waals surface area contributed by atoms with Gasteiger partial charge in [0, 0.05) is 115 Å². The van der Waals surface area contributed by atoms with Crippen LogP contribution in [0.2, 0.25) is 0 Å². The monoisotopic (exact) mass is 1510 g/mol. The Morgan fingerprint density at radius 3 is 0.907 bits per heavy atom. The standard InChI is InChI=1S/2C52H30N6O/c53-31-35-28-34(52-55-50(32-14-4-1-5-15-32)54-51(56-52)33-16-6-2-7-17-33)24-25-41(35)58-43-23-13-11-21-38(43)48-44(58)26-27-46-49(48)40-29-45-39(30-47(40)59-46)37-20-10-12-22-42(37)57(45)36-18-8-3-9-19-36;53-31-35-28-34(52-55-50(32-14-4-1-5-15-32)54-51(56-52)33-16-6-2-7-17-33)24-25-41(35)58-43-23-13-11-21-38(43)48-44(58)26-27-46-49(48)40-29-39-37-20-10-12-22-42(37)57(36-18-8-3-9-19-36)45(39)30-47(40)59-46/h2*1-30H. The molecule has 0 N–H and O–H groups in total. The van der Waals surface area contributed by atoms with Gasteiger partial charge in [0.1, 0.15) is 34.5 Å². The van der Waals surface area contributed by atoms with E-state index in [9.17, 15) is 10.5 Å². The van der Waals surface area contributed by atoms with Gasteiger partial charge < -0.3 is 27.1 Å². The molecule has 24 rings (SSSR count). The zero-order chi connectivity index (χ0) is 78.1. The van der Waals surface area contributed by atoms with Crippen molar-refractivity contribution in [1.82, 2.24) is 48.2 Å². The zero-order valence-corrected chi connectivity index (χ0v) is 62.8. The smallest absolute Gasteiger partial charge is 0.164 e. The normalized spacial score (nSPS) is 11.7. The molecular weight excluding hydrogens is 1450 g/mol. The highest BCUT2D eigenvalue weighted by Crippen LogP contribution is 2.48. The van der Waals surface area contributed by atoms with Gasteiger partial charge in [-0.25, -0.2) is 29.9 Å². The van der Waals surface area contributed by atoms with E-state index in [1.807, 2.05) is 182 Å². The molecule has 0 amide bonds. The number of furan rings is 2. The number of hydrogen-bond donors (Lipinski definition) is 0. The van der Waals surface area contributed by atoms with Crippen LogP contribution in [0.4, 0.5) is 0 Å². The Hall–Kier alpha value is -16.7. The summed E-state index contributed by atoms with van der Waals surface area (Å²) in [7, 11) is 0. The SMILES string of the molecule is N#Cc1cc(-c2nc(-c3ccccc3)nc(-c3ccccc3)n2)ccc1-n1c2ccccc2c2c3c(ccc21)oc1cc2c(cc13)c1ccccc1n2-c1ccccc1.N#Cc1cc(-c2nc(-c3ccccc3)nc(-c3ccccc3)n2)ccc1-n1c2ccccc2c2c3c(ccc21)oc1cc2c4ccccc4n(-c4ccccc4)c2cc13. The minimum atomic E-state index is 0.494. The molecule has 16 aromatic carbocycles. The molecule has 118 heavy (non-hydrogen) atoms. The van der Waals surface area contributed by atoms with Crippen LogP contribution >= 0.6 is 0 Å². The Bertz CT molecular complexity index is 8190. The second-order valence-corrected chi connectivity index (χ2v) is 29.4. The van der Waals surface area contributed by atoms with Crippen LogP contribution in [-0.2, 0) is 0 Å². The van der Waals surface area contributed by atoms with Crippen molar-refractivity contribution in [3.63, 3.8) is 0 Å². The van der Waals surface area contributed by atoms with E-state index in [4.69, 9.17) is 38.7 Å². The number of rotatable bonds is 10. The summed E-state index contributed by atoms with van der Waals surface area (Å²) in [5.41, 5.74) is 21.4. The Kier molecular flexibility index (Phi) is 15.4. The number of nitrogens with zero attached hydrogens (tertiary/aromatic N) is 12. The largest absolute Gasteiger partial charge is 0.456 e. The Morgan fingerprint density at radius 1 is 0.203 bits per heavy atom. The molecule has 0 atom stereocenters. The molecule has 0 bridgehead atoms. The van der Waals surface area contributed by atoms with Crippen molar-refractivity contribution in [3.8, 4) is 103 Å². The van der Waals surface area contributed by atoms with Gasteiger partial charge in [0.05, 0.1) is 66.6 Å². The van der Waals surface area contributed by atoms with Gasteiger partial charge in [-0.3, -0.25) is 0 Å². The Morgan fingerprint density at radius 2 is 0.517 bits per heavy atom. The van der Waals surface area contributed by atoms with Gasteiger partial charge in [-0.15, -0.1) is 0 Å². The zero-order valence-electron chi connectivity index (χ0n) is 62.8. The molecule has 0 fully saturated rings. The lowest BCUT2D eigenvalue weighted by atomic mass is 10.0. The molecule has 24 aromatic rings. The maximum atomic E-state index is 10.8.